The summed E-state index contributed by atoms with van der Waals surface area (Å²) in [5.41, 5.74) is 1.09. The molecule has 200 valence electrons. The lowest BCUT2D eigenvalue weighted by molar-refractivity contribution is -0.142. The number of Topliss-reactive ketones (excluding diaryl/α,β-unsaturated/α-hetero) is 1. The molecule has 2 atom stereocenters. The van der Waals surface area contributed by atoms with Gasteiger partial charge in [-0.15, -0.1) is 12.4 Å². The summed E-state index contributed by atoms with van der Waals surface area (Å²) in [6.07, 6.45) is 1.91. The highest BCUT2D eigenvalue weighted by molar-refractivity contribution is 5.94. The number of fused-ring (bicyclic) bond motifs is 5. The summed E-state index contributed by atoms with van der Waals surface area (Å²) in [5, 5.41) is 9.75. The van der Waals surface area contributed by atoms with E-state index in [1.807, 2.05) is 19.9 Å². The van der Waals surface area contributed by atoms with Crippen LogP contribution in [-0.4, -0.2) is 55.4 Å². The van der Waals surface area contributed by atoms with Crippen molar-refractivity contribution in [2.24, 2.45) is 0 Å². The Kier molecular flexibility index (Phi) is 6.75. The number of ether oxygens (including phenoxy) is 1. The van der Waals surface area contributed by atoms with Gasteiger partial charge in [-0.25, -0.2) is 23.5 Å². The van der Waals surface area contributed by atoms with E-state index in [0.29, 0.717) is 28.1 Å². The molecule has 2 unspecified atom stereocenters. The van der Waals surface area contributed by atoms with E-state index in [-0.39, 0.29) is 24.7 Å². The van der Waals surface area contributed by atoms with Crippen LogP contribution in [0.25, 0.3) is 5.69 Å². The smallest absolute Gasteiger partial charge is 0.352 e. The van der Waals surface area contributed by atoms with Gasteiger partial charge in [-0.2, -0.15) is 0 Å². The number of likely N-dealkylation sites (N-methyl/N-ethyl adjacent to an activating group) is 1. The summed E-state index contributed by atoms with van der Waals surface area (Å²) in [7, 11) is 3.38. The molecule has 38 heavy (non-hydrogen) atoms. The minimum Gasteiger partial charge on any atom is -0.483 e. The predicted octanol–water partition coefficient (Wildman–Crippen LogP) is 2.81. The Morgan fingerprint density at radius 2 is 1.74 bits per heavy atom. The normalized spacial score (nSPS) is 17.7. The molecular formula is C27H29ClN4O6. The van der Waals surface area contributed by atoms with E-state index >= 15 is 0 Å². The Labute approximate surface area is 224 Å². The molecule has 11 heteroatoms. The molecule has 0 spiro atoms. The number of halogens is 1. The minimum absolute atomic E-state index is 0. The summed E-state index contributed by atoms with van der Waals surface area (Å²) in [5.74, 6) is -0.638. The number of hydrogen-bond acceptors (Lipinski definition) is 6. The molecule has 0 aliphatic carbocycles. The minimum atomic E-state index is -0.990. The van der Waals surface area contributed by atoms with E-state index in [4.69, 9.17) is 4.74 Å². The molecule has 1 N–H and O–H groups in total. The van der Waals surface area contributed by atoms with Crippen molar-refractivity contribution in [1.29, 1.82) is 0 Å². The van der Waals surface area contributed by atoms with Crippen LogP contribution in [0.5, 0.6) is 5.75 Å². The van der Waals surface area contributed by atoms with Crippen molar-refractivity contribution >= 4 is 24.2 Å². The van der Waals surface area contributed by atoms with Crippen LogP contribution in [0.4, 0.5) is 0 Å². The standard InChI is InChI=1S/C27H28N4O6.ClH/c1-15(32)16-6-9-18(10-7-16)30-25(35)29-13-12-20-23(31(29)26(30)36)19-11-8-17(22(24(33)34)28(4)5)14-21(19)37-27(20,2)3;/h6-12,14,22-23H,13H2,1-5H3,(H,33,34);1H. The molecule has 5 rings (SSSR count). The van der Waals surface area contributed by atoms with Crippen LogP contribution in [-0.2, 0) is 11.3 Å². The summed E-state index contributed by atoms with van der Waals surface area (Å²) < 4.78 is 10.3. The van der Waals surface area contributed by atoms with Gasteiger partial charge in [-0.1, -0.05) is 18.2 Å². The lowest BCUT2D eigenvalue weighted by Crippen LogP contribution is -2.46. The zero-order valence-corrected chi connectivity index (χ0v) is 22.5. The average Bonchev–Trinajstić information content (AvgIpc) is 3.08. The zero-order chi connectivity index (χ0) is 26.8. The van der Waals surface area contributed by atoms with Crippen LogP contribution in [0.2, 0.25) is 0 Å². The molecule has 0 fully saturated rings. The molecule has 3 aromatic rings. The maximum Gasteiger partial charge on any atom is 0.352 e. The quantitative estimate of drug-likeness (QED) is 0.391. The van der Waals surface area contributed by atoms with Crippen molar-refractivity contribution in [1.82, 2.24) is 18.8 Å². The van der Waals surface area contributed by atoms with Crippen molar-refractivity contribution in [3.8, 4) is 11.4 Å². The summed E-state index contributed by atoms with van der Waals surface area (Å²) in [6.45, 7) is 5.42. The van der Waals surface area contributed by atoms with Crippen LogP contribution in [0, 0.1) is 0 Å². The maximum absolute atomic E-state index is 13.8. The van der Waals surface area contributed by atoms with Crippen molar-refractivity contribution in [2.75, 3.05) is 14.1 Å². The molecule has 3 heterocycles. The fraction of sp³-hybridized carbons (Fsp3) is 0.333. The van der Waals surface area contributed by atoms with Gasteiger partial charge in [0.2, 0.25) is 0 Å². The Morgan fingerprint density at radius 1 is 1.08 bits per heavy atom. The SMILES string of the molecule is CC(=O)c1ccc(-n2c(=O)n3n(c2=O)C2C(=CC3)C(C)(C)Oc3cc(C(C(=O)O)N(C)C)ccc32)cc1.Cl. The number of benzene rings is 2. The second kappa shape index (κ2) is 9.45. The number of carboxylic acids is 1. The zero-order valence-electron chi connectivity index (χ0n) is 21.7. The van der Waals surface area contributed by atoms with Crippen molar-refractivity contribution in [2.45, 2.75) is 45.0 Å². The highest BCUT2D eigenvalue weighted by Crippen LogP contribution is 2.46. The van der Waals surface area contributed by atoms with E-state index < -0.39 is 35.0 Å². The van der Waals surface area contributed by atoms with Crippen molar-refractivity contribution in [3.63, 3.8) is 0 Å². The Hall–Kier alpha value is -3.89. The number of carboxylic acid groups (broad SMARTS) is 1. The predicted molar refractivity (Wildman–Crippen MR) is 143 cm³/mol. The highest BCUT2D eigenvalue weighted by Gasteiger charge is 2.44. The third-order valence-electron chi connectivity index (χ3n) is 7.07. The van der Waals surface area contributed by atoms with Gasteiger partial charge in [0, 0.05) is 11.1 Å². The van der Waals surface area contributed by atoms with E-state index in [1.165, 1.54) is 16.3 Å². The number of rotatable bonds is 5. The number of allylic oxidation sites excluding steroid dienone is 1. The van der Waals surface area contributed by atoms with Crippen LogP contribution >= 0.6 is 12.4 Å². The molecule has 1 aromatic heterocycles. The van der Waals surface area contributed by atoms with Crippen LogP contribution in [0.3, 0.4) is 0 Å². The van der Waals surface area contributed by atoms with Crippen molar-refractivity contribution in [3.05, 3.63) is 91.8 Å². The lowest BCUT2D eigenvalue weighted by atomic mass is 9.82. The number of aliphatic carboxylic acids is 1. The molecule has 0 bridgehead atoms. The summed E-state index contributed by atoms with van der Waals surface area (Å²) in [6, 6.07) is 10.1. The van der Waals surface area contributed by atoms with Gasteiger partial charge >= 0.3 is 17.3 Å². The maximum atomic E-state index is 13.8. The van der Waals surface area contributed by atoms with Crippen LogP contribution < -0.4 is 16.1 Å². The second-order valence-corrected chi connectivity index (χ2v) is 10.1. The Bertz CT molecular complexity index is 1590. The van der Waals surface area contributed by atoms with Crippen molar-refractivity contribution < 1.29 is 19.4 Å². The van der Waals surface area contributed by atoms with E-state index in [1.54, 1.807) is 61.5 Å². The molecule has 0 saturated carbocycles. The fourth-order valence-corrected chi connectivity index (χ4v) is 5.31. The molecule has 2 aromatic carbocycles. The van der Waals surface area contributed by atoms with Crippen LogP contribution in [0.15, 0.2) is 63.7 Å². The van der Waals surface area contributed by atoms with Crippen LogP contribution in [0.1, 0.15) is 54.3 Å². The van der Waals surface area contributed by atoms with E-state index in [9.17, 15) is 24.3 Å². The number of carbonyl (C=O) groups is 2. The topological polar surface area (TPSA) is 116 Å². The number of nitrogens with zero attached hydrogens (tertiary/aromatic N) is 4. The molecular weight excluding hydrogens is 512 g/mol. The number of aromatic nitrogens is 3. The lowest BCUT2D eigenvalue weighted by Gasteiger charge is -2.42. The first-order valence-electron chi connectivity index (χ1n) is 11.9. The monoisotopic (exact) mass is 540 g/mol. The number of ketones is 1. The fourth-order valence-electron chi connectivity index (χ4n) is 5.31. The van der Waals surface area contributed by atoms with Gasteiger partial charge in [0.1, 0.15) is 23.4 Å². The first-order valence-corrected chi connectivity index (χ1v) is 11.9. The third-order valence-corrected chi connectivity index (χ3v) is 7.07. The first-order chi connectivity index (χ1) is 17.4. The molecule has 2 aliphatic heterocycles. The summed E-state index contributed by atoms with van der Waals surface area (Å²) >= 11 is 0. The molecule has 0 radical (unpaired) electrons. The van der Waals surface area contributed by atoms with Gasteiger partial charge in [-0.05, 0) is 76.3 Å². The summed E-state index contributed by atoms with van der Waals surface area (Å²) in [4.78, 5) is 52.4. The second-order valence-electron chi connectivity index (χ2n) is 10.1. The third kappa shape index (κ3) is 4.10. The Morgan fingerprint density at radius 3 is 2.32 bits per heavy atom. The molecule has 0 amide bonds. The number of hydrogen-bond donors (Lipinski definition) is 1. The molecule has 2 aliphatic rings. The molecule has 10 nitrogen and oxygen atoms in total. The van der Waals surface area contributed by atoms with Gasteiger partial charge < -0.3 is 9.84 Å². The van der Waals surface area contributed by atoms with Gasteiger partial charge in [0.15, 0.2) is 5.78 Å². The average molecular weight is 541 g/mol. The largest absolute Gasteiger partial charge is 0.483 e. The highest BCUT2D eigenvalue weighted by atomic mass is 35.5. The number of carbonyl (C=O) groups excluding carboxylic acids is 1. The first kappa shape index (κ1) is 27.2. The van der Waals surface area contributed by atoms with Gasteiger partial charge in [-0.3, -0.25) is 14.5 Å². The van der Waals surface area contributed by atoms with Gasteiger partial charge in [0.05, 0.1) is 12.2 Å². The van der Waals surface area contributed by atoms with E-state index in [0.717, 1.165) is 10.1 Å². The van der Waals surface area contributed by atoms with E-state index in [2.05, 4.69) is 0 Å². The van der Waals surface area contributed by atoms with Gasteiger partial charge in [0.25, 0.3) is 0 Å². The molecule has 0 saturated heterocycles. The Balaban J connectivity index is 0.00000336.